The van der Waals surface area contributed by atoms with Crippen molar-refractivity contribution in [3.05, 3.63) is 34.7 Å². The van der Waals surface area contributed by atoms with E-state index in [0.717, 1.165) is 43.3 Å². The molecule has 6 nitrogen and oxygen atoms in total. The Labute approximate surface area is 145 Å². The summed E-state index contributed by atoms with van der Waals surface area (Å²) in [5, 5.41) is 6.13. The van der Waals surface area contributed by atoms with E-state index >= 15 is 0 Å². The number of rotatable bonds is 3. The molecular formula is C15H13BrN4O2S. The summed E-state index contributed by atoms with van der Waals surface area (Å²) in [6.45, 7) is 1.18. The second-order valence-corrected chi connectivity index (χ2v) is 6.88. The van der Waals surface area contributed by atoms with Crippen LogP contribution in [0.25, 0.3) is 11.0 Å². The Kier molecular flexibility index (Phi) is 3.86. The smallest absolute Gasteiger partial charge is 0.162 e. The third kappa shape index (κ3) is 2.76. The molecule has 0 saturated heterocycles. The molecule has 1 aromatic carbocycles. The first kappa shape index (κ1) is 14.8. The van der Waals surface area contributed by atoms with Gasteiger partial charge in [0.2, 0.25) is 0 Å². The molecule has 1 aliphatic rings. The van der Waals surface area contributed by atoms with Crippen molar-refractivity contribution < 1.29 is 9.47 Å². The van der Waals surface area contributed by atoms with Crippen LogP contribution in [0, 0.1) is 0 Å². The maximum atomic E-state index is 5.65. The largest absolute Gasteiger partial charge is 0.486 e. The van der Waals surface area contributed by atoms with E-state index in [-0.39, 0.29) is 0 Å². The molecule has 2 aromatic heterocycles. The van der Waals surface area contributed by atoms with Gasteiger partial charge in [-0.25, -0.2) is 9.97 Å². The van der Waals surface area contributed by atoms with E-state index in [1.165, 1.54) is 0 Å². The maximum absolute atomic E-state index is 5.65. The molecule has 3 heterocycles. The number of fused-ring (bicyclic) bond motifs is 2. The summed E-state index contributed by atoms with van der Waals surface area (Å²) in [6.07, 6.45) is 3.38. The molecule has 118 valence electrons. The molecule has 0 amide bonds. The number of benzene rings is 1. The zero-order valence-corrected chi connectivity index (χ0v) is 14.7. The van der Waals surface area contributed by atoms with Gasteiger partial charge in [-0.3, -0.25) is 4.68 Å². The lowest BCUT2D eigenvalue weighted by Gasteiger charge is -2.19. The molecule has 1 aliphatic heterocycles. The van der Waals surface area contributed by atoms with Crippen LogP contribution in [0.4, 0.5) is 0 Å². The zero-order valence-electron chi connectivity index (χ0n) is 12.3. The van der Waals surface area contributed by atoms with Crippen LogP contribution in [-0.4, -0.2) is 33.0 Å². The number of nitrogens with zero attached hydrogens (tertiary/aromatic N) is 4. The van der Waals surface area contributed by atoms with Gasteiger partial charge in [0.15, 0.2) is 17.1 Å². The number of hydrogen-bond acceptors (Lipinski definition) is 6. The Hall–Kier alpha value is -1.80. The quantitative estimate of drug-likeness (QED) is 0.503. The number of hydrogen-bond donors (Lipinski definition) is 0. The molecule has 0 N–H and O–H groups in total. The van der Waals surface area contributed by atoms with Gasteiger partial charge in [0, 0.05) is 17.3 Å². The van der Waals surface area contributed by atoms with Gasteiger partial charge < -0.3 is 9.47 Å². The lowest BCUT2D eigenvalue weighted by Crippen LogP contribution is -2.15. The van der Waals surface area contributed by atoms with Crippen LogP contribution in [0.1, 0.15) is 5.56 Å². The van der Waals surface area contributed by atoms with Gasteiger partial charge in [-0.2, -0.15) is 5.10 Å². The highest BCUT2D eigenvalue weighted by molar-refractivity contribution is 9.10. The molecule has 0 saturated carbocycles. The van der Waals surface area contributed by atoms with Crippen LogP contribution in [0.15, 0.2) is 34.2 Å². The first-order valence-electron chi connectivity index (χ1n) is 7.06. The number of thioether (sulfide) groups is 1. The van der Waals surface area contributed by atoms with E-state index in [4.69, 9.17) is 9.47 Å². The number of aromatic nitrogens is 4. The lowest BCUT2D eigenvalue weighted by molar-refractivity contribution is 0.171. The molecule has 0 fully saturated rings. The van der Waals surface area contributed by atoms with Gasteiger partial charge in [-0.05, 0) is 17.7 Å². The highest BCUT2D eigenvalue weighted by atomic mass is 79.9. The van der Waals surface area contributed by atoms with Crippen molar-refractivity contribution in [3.8, 4) is 11.5 Å². The number of halogens is 1. The number of ether oxygens (including phenoxy) is 2. The van der Waals surface area contributed by atoms with Crippen molar-refractivity contribution in [1.29, 1.82) is 0 Å². The van der Waals surface area contributed by atoms with Gasteiger partial charge in [-0.15, -0.1) is 11.8 Å². The van der Waals surface area contributed by atoms with Crippen LogP contribution < -0.4 is 9.47 Å². The summed E-state index contributed by atoms with van der Waals surface area (Å²) >= 11 is 5.26. The van der Waals surface area contributed by atoms with Crippen molar-refractivity contribution in [2.24, 2.45) is 7.05 Å². The third-order valence-corrected chi connectivity index (χ3v) is 5.36. The minimum absolute atomic E-state index is 0.587. The predicted octanol–water partition coefficient (Wildman–Crippen LogP) is 3.19. The third-order valence-electron chi connectivity index (χ3n) is 3.57. The molecule has 0 atom stereocenters. The molecule has 0 aliphatic carbocycles. The summed E-state index contributed by atoms with van der Waals surface area (Å²) < 4.78 is 14.0. The van der Waals surface area contributed by atoms with Crippen molar-refractivity contribution in [1.82, 2.24) is 19.7 Å². The summed E-state index contributed by atoms with van der Waals surface area (Å²) in [6, 6.07) is 3.98. The van der Waals surface area contributed by atoms with Crippen LogP contribution in [0.3, 0.4) is 0 Å². The van der Waals surface area contributed by atoms with Gasteiger partial charge in [-0.1, -0.05) is 15.9 Å². The minimum atomic E-state index is 0.587. The Morgan fingerprint density at radius 1 is 1.22 bits per heavy atom. The van der Waals surface area contributed by atoms with E-state index in [0.29, 0.717) is 13.2 Å². The van der Waals surface area contributed by atoms with E-state index in [1.807, 2.05) is 19.2 Å². The normalized spacial score (nSPS) is 13.5. The molecule has 0 spiro atoms. The SMILES string of the molecule is Cn1ncc2c(SCc3cc4c(cc3Br)OCCO4)ncnc21. The molecule has 0 radical (unpaired) electrons. The minimum Gasteiger partial charge on any atom is -0.486 e. The second-order valence-electron chi connectivity index (χ2n) is 5.06. The van der Waals surface area contributed by atoms with Crippen LogP contribution in [0.5, 0.6) is 11.5 Å². The second kappa shape index (κ2) is 6.01. The van der Waals surface area contributed by atoms with E-state index < -0.39 is 0 Å². The fourth-order valence-electron chi connectivity index (χ4n) is 2.42. The van der Waals surface area contributed by atoms with Gasteiger partial charge >= 0.3 is 0 Å². The first-order valence-corrected chi connectivity index (χ1v) is 8.84. The van der Waals surface area contributed by atoms with Crippen LogP contribution in [0.2, 0.25) is 0 Å². The molecule has 3 aromatic rings. The highest BCUT2D eigenvalue weighted by Gasteiger charge is 2.16. The highest BCUT2D eigenvalue weighted by Crippen LogP contribution is 2.38. The van der Waals surface area contributed by atoms with Gasteiger partial charge in [0.1, 0.15) is 24.6 Å². The fourth-order valence-corrected chi connectivity index (χ4v) is 4.02. The predicted molar refractivity (Wildman–Crippen MR) is 91.0 cm³/mol. The van der Waals surface area contributed by atoms with Crippen molar-refractivity contribution >= 4 is 38.7 Å². The average Bonchev–Trinajstić information content (AvgIpc) is 2.95. The zero-order chi connectivity index (χ0) is 15.8. The number of aryl methyl sites for hydroxylation is 1. The molecule has 0 unspecified atom stereocenters. The topological polar surface area (TPSA) is 62.1 Å². The Bertz CT molecular complexity index is 883. The first-order chi connectivity index (χ1) is 11.2. The standard InChI is InChI=1S/C15H13BrN4O2S/c1-20-14-10(6-19-20)15(18-8-17-14)23-7-9-4-12-13(5-11(9)16)22-3-2-21-12/h4-6,8H,2-3,7H2,1H3. The van der Waals surface area contributed by atoms with Gasteiger partial charge in [0.05, 0.1) is 11.6 Å². The van der Waals surface area contributed by atoms with Crippen LogP contribution >= 0.6 is 27.7 Å². The van der Waals surface area contributed by atoms with Crippen LogP contribution in [-0.2, 0) is 12.8 Å². The molecule has 8 heteroatoms. The monoisotopic (exact) mass is 392 g/mol. The maximum Gasteiger partial charge on any atom is 0.162 e. The average molecular weight is 393 g/mol. The fraction of sp³-hybridized carbons (Fsp3) is 0.267. The molecule has 23 heavy (non-hydrogen) atoms. The van der Waals surface area contributed by atoms with E-state index in [9.17, 15) is 0 Å². The van der Waals surface area contributed by atoms with Crippen molar-refractivity contribution in [2.75, 3.05) is 13.2 Å². The van der Waals surface area contributed by atoms with Gasteiger partial charge in [0.25, 0.3) is 0 Å². The summed E-state index contributed by atoms with van der Waals surface area (Å²) in [7, 11) is 1.88. The van der Waals surface area contributed by atoms with E-state index in [1.54, 1.807) is 29.0 Å². The molecular weight excluding hydrogens is 380 g/mol. The summed E-state index contributed by atoms with van der Waals surface area (Å²) in [5.74, 6) is 2.34. The van der Waals surface area contributed by atoms with E-state index in [2.05, 4.69) is 31.0 Å². The summed E-state index contributed by atoms with van der Waals surface area (Å²) in [4.78, 5) is 8.64. The molecule has 0 bridgehead atoms. The summed E-state index contributed by atoms with van der Waals surface area (Å²) in [5.41, 5.74) is 1.97. The lowest BCUT2D eigenvalue weighted by atomic mass is 10.2. The van der Waals surface area contributed by atoms with Crippen molar-refractivity contribution in [3.63, 3.8) is 0 Å². The Balaban J connectivity index is 1.61. The van der Waals surface area contributed by atoms with Crippen molar-refractivity contribution in [2.45, 2.75) is 10.8 Å². The Morgan fingerprint density at radius 3 is 2.83 bits per heavy atom. The molecule has 4 rings (SSSR count). The Morgan fingerprint density at radius 2 is 2.00 bits per heavy atom.